The van der Waals surface area contributed by atoms with Crippen molar-refractivity contribution < 1.29 is 19.3 Å². The van der Waals surface area contributed by atoms with Gasteiger partial charge in [-0.3, -0.25) is 0 Å². The normalized spacial score (nSPS) is 48.0. The molecule has 0 aromatic carbocycles. The summed E-state index contributed by atoms with van der Waals surface area (Å²) in [4.78, 5) is 0. The van der Waals surface area contributed by atoms with Crippen LogP contribution in [-0.2, 0) is 4.74 Å². The maximum absolute atomic E-state index is 12.7. The molecule has 0 bridgehead atoms. The first-order valence-electron chi connectivity index (χ1n) is 3.25. The number of aliphatic hydroxyl groups is 2. The fraction of sp³-hybridized carbons (Fsp3) is 1.00. The van der Waals surface area contributed by atoms with Gasteiger partial charge in [0.1, 0.15) is 12.2 Å². The van der Waals surface area contributed by atoms with E-state index in [4.69, 9.17) is 14.9 Å². The van der Waals surface area contributed by atoms with E-state index >= 15 is 0 Å². The second kappa shape index (κ2) is 2.82. The Labute approximate surface area is 58.4 Å². The van der Waals surface area contributed by atoms with Crippen molar-refractivity contribution in [3.05, 3.63) is 0 Å². The van der Waals surface area contributed by atoms with Crippen molar-refractivity contribution in [1.82, 2.24) is 0 Å². The lowest BCUT2D eigenvalue weighted by atomic mass is 10.1. The molecule has 0 aromatic rings. The smallest absolute Gasteiger partial charge is 0.154 e. The van der Waals surface area contributed by atoms with Crippen LogP contribution in [0.2, 0.25) is 0 Å². The van der Waals surface area contributed by atoms with Gasteiger partial charge in [0, 0.05) is 0 Å². The third kappa shape index (κ3) is 1.14. The number of aliphatic hydroxyl groups excluding tert-OH is 2. The Balaban J connectivity index is 2.53. The van der Waals surface area contributed by atoms with Gasteiger partial charge in [0.2, 0.25) is 0 Å². The number of alkyl halides is 1. The van der Waals surface area contributed by atoms with E-state index < -0.39 is 24.5 Å². The van der Waals surface area contributed by atoms with Crippen molar-refractivity contribution >= 4 is 0 Å². The van der Waals surface area contributed by atoms with Gasteiger partial charge in [0.05, 0.1) is 12.7 Å². The molecular weight excluding hydrogens is 139 g/mol. The van der Waals surface area contributed by atoms with Crippen LogP contribution in [0.5, 0.6) is 0 Å². The molecule has 1 rings (SSSR count). The Morgan fingerprint density at radius 3 is 2.40 bits per heavy atom. The van der Waals surface area contributed by atoms with E-state index in [1.54, 1.807) is 0 Å². The molecule has 1 heterocycles. The summed E-state index contributed by atoms with van der Waals surface area (Å²) in [6, 6.07) is 0. The second-order valence-electron chi connectivity index (χ2n) is 2.50. The predicted octanol–water partition coefficient (Wildman–Crippen LogP) is -0.535. The highest BCUT2D eigenvalue weighted by molar-refractivity contribution is 4.88. The molecule has 0 aliphatic carbocycles. The minimum atomic E-state index is -1.36. The third-order valence-electron chi connectivity index (χ3n) is 1.73. The molecule has 0 saturated carbocycles. The minimum absolute atomic E-state index is 0.327. The summed E-state index contributed by atoms with van der Waals surface area (Å²) in [5, 5.41) is 17.5. The highest BCUT2D eigenvalue weighted by Gasteiger charge is 2.40. The summed E-state index contributed by atoms with van der Waals surface area (Å²) in [5.74, 6) is 0. The van der Waals surface area contributed by atoms with Gasteiger partial charge in [-0.1, -0.05) is 0 Å². The topological polar surface area (TPSA) is 49.7 Å². The van der Waals surface area contributed by atoms with Gasteiger partial charge < -0.3 is 14.9 Å². The molecule has 0 spiro atoms. The van der Waals surface area contributed by atoms with Gasteiger partial charge in [-0.25, -0.2) is 4.39 Å². The molecule has 1 unspecified atom stereocenters. The van der Waals surface area contributed by atoms with Crippen molar-refractivity contribution in [2.75, 3.05) is 6.61 Å². The van der Waals surface area contributed by atoms with Gasteiger partial charge in [-0.15, -0.1) is 0 Å². The van der Waals surface area contributed by atoms with E-state index in [0.29, 0.717) is 0 Å². The summed E-state index contributed by atoms with van der Waals surface area (Å²) in [6.07, 6.45) is -3.88. The van der Waals surface area contributed by atoms with Crippen LogP contribution in [0.15, 0.2) is 0 Å². The average molecular weight is 150 g/mol. The molecule has 2 N–H and O–H groups in total. The van der Waals surface area contributed by atoms with Crippen molar-refractivity contribution in [1.29, 1.82) is 0 Å². The largest absolute Gasteiger partial charge is 0.394 e. The molecular formula is C6H11FO3. The zero-order valence-corrected chi connectivity index (χ0v) is 5.70. The van der Waals surface area contributed by atoms with Gasteiger partial charge in [0.25, 0.3) is 0 Å². The third-order valence-corrected chi connectivity index (χ3v) is 1.73. The molecule has 1 fully saturated rings. The molecule has 1 saturated heterocycles. The fourth-order valence-corrected chi connectivity index (χ4v) is 1.07. The Morgan fingerprint density at radius 1 is 1.60 bits per heavy atom. The quantitative estimate of drug-likeness (QED) is 0.528. The summed E-state index contributed by atoms with van der Waals surface area (Å²) in [7, 11) is 0. The highest BCUT2D eigenvalue weighted by Crippen LogP contribution is 2.22. The first-order valence-corrected chi connectivity index (χ1v) is 3.25. The molecule has 1 aliphatic heterocycles. The van der Waals surface area contributed by atoms with Gasteiger partial charge in [0.15, 0.2) is 6.17 Å². The molecule has 10 heavy (non-hydrogen) atoms. The Kier molecular flexibility index (Phi) is 2.23. The van der Waals surface area contributed by atoms with E-state index in [-0.39, 0.29) is 6.61 Å². The number of ether oxygens (including phenoxy) is 1. The number of hydrogen-bond donors (Lipinski definition) is 2. The summed E-state index contributed by atoms with van der Waals surface area (Å²) < 4.78 is 17.5. The molecule has 4 atom stereocenters. The molecule has 0 radical (unpaired) electrons. The molecule has 1 aliphatic rings. The Bertz CT molecular complexity index is 120. The van der Waals surface area contributed by atoms with Crippen LogP contribution in [0.3, 0.4) is 0 Å². The van der Waals surface area contributed by atoms with Crippen LogP contribution >= 0.6 is 0 Å². The van der Waals surface area contributed by atoms with Crippen LogP contribution in [0, 0.1) is 0 Å². The lowest BCUT2D eigenvalue weighted by molar-refractivity contribution is -0.0171. The fourth-order valence-electron chi connectivity index (χ4n) is 1.07. The SMILES string of the molecule is C[C@@H]1O[C@H](CO)[C@@H](O)C1F. The first-order chi connectivity index (χ1) is 4.66. The Morgan fingerprint density at radius 2 is 2.20 bits per heavy atom. The Hall–Kier alpha value is -0.190. The van der Waals surface area contributed by atoms with Gasteiger partial charge in [-0.2, -0.15) is 0 Å². The summed E-state index contributed by atoms with van der Waals surface area (Å²) in [5.41, 5.74) is 0. The molecule has 0 amide bonds. The lowest BCUT2D eigenvalue weighted by Gasteiger charge is -2.09. The molecule has 4 heteroatoms. The van der Waals surface area contributed by atoms with E-state index in [0.717, 1.165) is 0 Å². The predicted molar refractivity (Wildman–Crippen MR) is 32.3 cm³/mol. The molecule has 0 aromatic heterocycles. The number of halogens is 1. The zero-order chi connectivity index (χ0) is 7.72. The van der Waals surface area contributed by atoms with Crippen LogP contribution in [-0.4, -0.2) is 41.3 Å². The zero-order valence-electron chi connectivity index (χ0n) is 5.70. The summed E-state index contributed by atoms with van der Waals surface area (Å²) >= 11 is 0. The van der Waals surface area contributed by atoms with Crippen molar-refractivity contribution in [3.63, 3.8) is 0 Å². The van der Waals surface area contributed by atoms with Crippen molar-refractivity contribution in [2.24, 2.45) is 0 Å². The average Bonchev–Trinajstić information content (AvgIpc) is 2.17. The maximum Gasteiger partial charge on any atom is 0.154 e. The van der Waals surface area contributed by atoms with Crippen molar-refractivity contribution in [2.45, 2.75) is 31.4 Å². The number of hydrogen-bond acceptors (Lipinski definition) is 3. The van der Waals surface area contributed by atoms with E-state index in [9.17, 15) is 4.39 Å². The van der Waals surface area contributed by atoms with Crippen LogP contribution in [0.4, 0.5) is 4.39 Å². The maximum atomic E-state index is 12.7. The monoisotopic (exact) mass is 150 g/mol. The van der Waals surface area contributed by atoms with E-state index in [1.807, 2.05) is 0 Å². The number of rotatable bonds is 1. The highest BCUT2D eigenvalue weighted by atomic mass is 19.1. The van der Waals surface area contributed by atoms with Gasteiger partial charge in [-0.05, 0) is 6.92 Å². The van der Waals surface area contributed by atoms with Crippen LogP contribution < -0.4 is 0 Å². The van der Waals surface area contributed by atoms with Crippen LogP contribution in [0.25, 0.3) is 0 Å². The minimum Gasteiger partial charge on any atom is -0.394 e. The van der Waals surface area contributed by atoms with Crippen LogP contribution in [0.1, 0.15) is 6.92 Å². The van der Waals surface area contributed by atoms with E-state index in [1.165, 1.54) is 6.92 Å². The molecule has 3 nitrogen and oxygen atoms in total. The lowest BCUT2D eigenvalue weighted by Crippen LogP contribution is -2.30. The van der Waals surface area contributed by atoms with Crippen molar-refractivity contribution in [3.8, 4) is 0 Å². The van der Waals surface area contributed by atoms with E-state index in [2.05, 4.69) is 0 Å². The first kappa shape index (κ1) is 7.91. The summed E-state index contributed by atoms with van der Waals surface area (Å²) in [6.45, 7) is 1.20. The second-order valence-corrected chi connectivity index (χ2v) is 2.50. The van der Waals surface area contributed by atoms with Gasteiger partial charge >= 0.3 is 0 Å². The standard InChI is InChI=1S/C6H11FO3/c1-3-5(7)6(9)4(2-8)10-3/h3-6,8-9H,2H2,1H3/t3-,4+,5?,6+/m0/s1. The molecule has 60 valence electrons.